The van der Waals surface area contributed by atoms with Crippen molar-refractivity contribution in [3.8, 4) is 0 Å². The van der Waals surface area contributed by atoms with Crippen LogP contribution in [-0.2, 0) is 0 Å². The normalized spacial score (nSPS) is 10.1. The first kappa shape index (κ1) is 12.7. The molecule has 0 amide bonds. The van der Waals surface area contributed by atoms with E-state index in [1.165, 1.54) is 0 Å². The summed E-state index contributed by atoms with van der Waals surface area (Å²) in [5, 5.41) is 13.5. The molecular formula is C10H6BrClN4O2. The number of hydrogen-bond acceptors (Lipinski definition) is 5. The van der Waals surface area contributed by atoms with Gasteiger partial charge in [-0.2, -0.15) is 0 Å². The first-order valence-electron chi connectivity index (χ1n) is 4.76. The average molecular weight is 330 g/mol. The van der Waals surface area contributed by atoms with E-state index < -0.39 is 4.92 Å². The van der Waals surface area contributed by atoms with Gasteiger partial charge in [-0.05, 0) is 28.1 Å². The number of anilines is 2. The fourth-order valence-electron chi connectivity index (χ4n) is 1.30. The SMILES string of the molecule is O=[N+]([O-])c1c(Cl)ncnc1Nc1ccccc1Br. The number of nitrogens with one attached hydrogen (secondary N) is 1. The standard InChI is InChI=1S/C10H6BrClN4O2/c11-6-3-1-2-4-7(6)15-10-8(16(17)18)9(12)13-5-14-10/h1-5H,(H,13,14,15). The van der Waals surface area contributed by atoms with Crippen molar-refractivity contribution < 1.29 is 4.92 Å². The topological polar surface area (TPSA) is 81.0 Å². The Morgan fingerprint density at radius 2 is 2.06 bits per heavy atom. The van der Waals surface area contributed by atoms with Crippen molar-refractivity contribution in [1.82, 2.24) is 9.97 Å². The van der Waals surface area contributed by atoms with Gasteiger partial charge in [-0.1, -0.05) is 23.7 Å². The summed E-state index contributed by atoms with van der Waals surface area (Å²) in [6.07, 6.45) is 1.16. The van der Waals surface area contributed by atoms with Crippen LogP contribution in [0.15, 0.2) is 35.1 Å². The zero-order valence-electron chi connectivity index (χ0n) is 8.80. The smallest absolute Gasteiger partial charge is 0.333 e. The first-order chi connectivity index (χ1) is 8.59. The van der Waals surface area contributed by atoms with E-state index in [2.05, 4.69) is 31.2 Å². The Morgan fingerprint density at radius 1 is 1.33 bits per heavy atom. The summed E-state index contributed by atoms with van der Waals surface area (Å²) in [6, 6.07) is 7.18. The monoisotopic (exact) mass is 328 g/mol. The molecule has 6 nitrogen and oxygen atoms in total. The van der Waals surface area contributed by atoms with Crippen molar-refractivity contribution in [3.05, 3.63) is 50.3 Å². The summed E-state index contributed by atoms with van der Waals surface area (Å²) in [4.78, 5) is 17.7. The minimum absolute atomic E-state index is 0.0481. The van der Waals surface area contributed by atoms with Crippen molar-refractivity contribution in [2.45, 2.75) is 0 Å². The molecule has 0 saturated carbocycles. The minimum Gasteiger partial charge on any atom is -0.333 e. The van der Waals surface area contributed by atoms with Gasteiger partial charge in [0, 0.05) is 4.47 Å². The molecule has 0 bridgehead atoms. The summed E-state index contributed by atoms with van der Waals surface area (Å²) < 4.78 is 0.758. The average Bonchev–Trinajstić information content (AvgIpc) is 2.31. The van der Waals surface area contributed by atoms with Gasteiger partial charge in [0.25, 0.3) is 0 Å². The van der Waals surface area contributed by atoms with Crippen molar-refractivity contribution in [1.29, 1.82) is 0 Å². The number of nitrogens with zero attached hydrogens (tertiary/aromatic N) is 3. The lowest BCUT2D eigenvalue weighted by Crippen LogP contribution is -2.01. The lowest BCUT2D eigenvalue weighted by Gasteiger charge is -2.07. The molecule has 0 radical (unpaired) electrons. The second kappa shape index (κ2) is 5.28. The molecule has 1 heterocycles. The zero-order valence-corrected chi connectivity index (χ0v) is 11.1. The molecule has 0 aliphatic rings. The molecule has 0 atom stereocenters. The summed E-state index contributed by atoms with van der Waals surface area (Å²) >= 11 is 9.01. The highest BCUT2D eigenvalue weighted by Crippen LogP contribution is 2.32. The van der Waals surface area contributed by atoms with Crippen LogP contribution in [-0.4, -0.2) is 14.9 Å². The van der Waals surface area contributed by atoms with E-state index in [-0.39, 0.29) is 16.7 Å². The number of hydrogen-bond donors (Lipinski definition) is 1. The van der Waals surface area contributed by atoms with Gasteiger partial charge in [0.05, 0.1) is 10.6 Å². The maximum Gasteiger partial charge on any atom is 0.348 e. The highest BCUT2D eigenvalue weighted by atomic mass is 79.9. The molecule has 1 N–H and O–H groups in total. The molecule has 0 fully saturated rings. The fraction of sp³-hybridized carbons (Fsp3) is 0. The van der Waals surface area contributed by atoms with Crippen molar-refractivity contribution in [2.24, 2.45) is 0 Å². The number of rotatable bonds is 3. The molecular weight excluding hydrogens is 323 g/mol. The Kier molecular flexibility index (Phi) is 3.73. The van der Waals surface area contributed by atoms with Gasteiger partial charge in [-0.15, -0.1) is 0 Å². The van der Waals surface area contributed by atoms with Crippen molar-refractivity contribution in [2.75, 3.05) is 5.32 Å². The molecule has 8 heteroatoms. The second-order valence-corrected chi connectivity index (χ2v) is 4.44. The molecule has 0 saturated heterocycles. The van der Waals surface area contributed by atoms with E-state index in [1.54, 1.807) is 18.2 Å². The maximum absolute atomic E-state index is 10.9. The minimum atomic E-state index is -0.624. The molecule has 0 aliphatic carbocycles. The molecule has 0 unspecified atom stereocenters. The van der Waals surface area contributed by atoms with Gasteiger partial charge < -0.3 is 5.32 Å². The zero-order chi connectivity index (χ0) is 13.1. The first-order valence-corrected chi connectivity index (χ1v) is 5.93. The van der Waals surface area contributed by atoms with E-state index in [4.69, 9.17) is 11.6 Å². The van der Waals surface area contributed by atoms with Gasteiger partial charge in [-0.25, -0.2) is 9.97 Å². The van der Waals surface area contributed by atoms with E-state index >= 15 is 0 Å². The van der Waals surface area contributed by atoms with Crippen molar-refractivity contribution in [3.63, 3.8) is 0 Å². The Bertz CT molecular complexity index is 608. The highest BCUT2D eigenvalue weighted by Gasteiger charge is 2.21. The summed E-state index contributed by atoms with van der Waals surface area (Å²) in [7, 11) is 0. The molecule has 2 rings (SSSR count). The predicted octanol–water partition coefficient (Wildman–Crippen LogP) is 3.54. The van der Waals surface area contributed by atoms with Crippen LogP contribution < -0.4 is 5.32 Å². The second-order valence-electron chi connectivity index (χ2n) is 3.22. The Hall–Kier alpha value is -1.73. The predicted molar refractivity (Wildman–Crippen MR) is 71.1 cm³/mol. The van der Waals surface area contributed by atoms with Gasteiger partial charge in [0.2, 0.25) is 11.0 Å². The number of para-hydroxylation sites is 1. The van der Waals surface area contributed by atoms with Crippen LogP contribution in [0.4, 0.5) is 17.2 Å². The van der Waals surface area contributed by atoms with E-state index in [0.29, 0.717) is 5.69 Å². The third kappa shape index (κ3) is 2.57. The van der Waals surface area contributed by atoms with Crippen LogP contribution in [0, 0.1) is 10.1 Å². The highest BCUT2D eigenvalue weighted by molar-refractivity contribution is 9.10. The number of aromatic nitrogens is 2. The Balaban J connectivity index is 2.44. The summed E-state index contributed by atoms with van der Waals surface area (Å²) in [5.41, 5.74) is 0.297. The lowest BCUT2D eigenvalue weighted by atomic mass is 10.3. The summed E-state index contributed by atoms with van der Waals surface area (Å²) in [6.45, 7) is 0. The quantitative estimate of drug-likeness (QED) is 0.529. The Morgan fingerprint density at radius 3 is 2.72 bits per heavy atom. The lowest BCUT2D eigenvalue weighted by molar-refractivity contribution is -0.384. The van der Waals surface area contributed by atoms with Crippen LogP contribution >= 0.6 is 27.5 Å². The van der Waals surface area contributed by atoms with Crippen molar-refractivity contribution >= 4 is 44.7 Å². The number of benzene rings is 1. The fourth-order valence-corrected chi connectivity index (χ4v) is 1.89. The largest absolute Gasteiger partial charge is 0.348 e. The van der Waals surface area contributed by atoms with Gasteiger partial charge >= 0.3 is 5.69 Å². The number of nitro groups is 1. The van der Waals surface area contributed by atoms with Gasteiger partial charge in [0.15, 0.2) is 0 Å². The molecule has 1 aromatic carbocycles. The van der Waals surface area contributed by atoms with E-state index in [1.807, 2.05) is 6.07 Å². The van der Waals surface area contributed by atoms with Gasteiger partial charge in [0.1, 0.15) is 6.33 Å². The van der Waals surface area contributed by atoms with Crippen LogP contribution in [0.5, 0.6) is 0 Å². The molecule has 18 heavy (non-hydrogen) atoms. The third-order valence-electron chi connectivity index (χ3n) is 2.09. The molecule has 0 aliphatic heterocycles. The molecule has 2 aromatic rings. The van der Waals surface area contributed by atoms with Gasteiger partial charge in [-0.3, -0.25) is 10.1 Å². The number of halogens is 2. The molecule has 1 aromatic heterocycles. The molecule has 92 valence electrons. The van der Waals surface area contributed by atoms with Crippen LogP contribution in [0.2, 0.25) is 5.15 Å². The van der Waals surface area contributed by atoms with Crippen LogP contribution in [0.1, 0.15) is 0 Å². The molecule has 0 spiro atoms. The third-order valence-corrected chi connectivity index (χ3v) is 3.06. The van der Waals surface area contributed by atoms with Crippen LogP contribution in [0.25, 0.3) is 0 Å². The maximum atomic E-state index is 10.9. The summed E-state index contributed by atoms with van der Waals surface area (Å²) in [5.74, 6) is 0.0481. The van der Waals surface area contributed by atoms with E-state index in [9.17, 15) is 10.1 Å². The van der Waals surface area contributed by atoms with Crippen LogP contribution in [0.3, 0.4) is 0 Å². The Labute approximate surface area is 115 Å². The van der Waals surface area contributed by atoms with E-state index in [0.717, 1.165) is 10.8 Å².